The maximum atomic E-state index is 11.7. The summed E-state index contributed by atoms with van der Waals surface area (Å²) < 4.78 is 0. The van der Waals surface area contributed by atoms with Crippen molar-refractivity contribution in [3.05, 3.63) is 63.7 Å². The Bertz CT molecular complexity index is 856. The van der Waals surface area contributed by atoms with Gasteiger partial charge in [0.2, 0.25) is 5.91 Å². The van der Waals surface area contributed by atoms with Gasteiger partial charge in [-0.25, -0.2) is 0 Å². The van der Waals surface area contributed by atoms with Gasteiger partial charge in [-0.1, -0.05) is 12.1 Å². The van der Waals surface area contributed by atoms with Crippen molar-refractivity contribution in [1.82, 2.24) is 0 Å². The summed E-state index contributed by atoms with van der Waals surface area (Å²) in [5, 5.41) is 23.0. The van der Waals surface area contributed by atoms with Crippen LogP contribution in [-0.4, -0.2) is 17.4 Å². The third-order valence-electron chi connectivity index (χ3n) is 4.13. The Morgan fingerprint density at radius 1 is 1.24 bits per heavy atom. The Kier molecular flexibility index (Phi) is 4.61. The Morgan fingerprint density at radius 2 is 2.00 bits per heavy atom. The molecule has 3 rings (SSSR count). The summed E-state index contributed by atoms with van der Waals surface area (Å²) >= 11 is 0. The van der Waals surface area contributed by atoms with E-state index >= 15 is 0 Å². The van der Waals surface area contributed by atoms with Crippen LogP contribution < -0.4 is 10.2 Å². The molecule has 1 N–H and O–H groups in total. The number of carbonyl (C=O) groups is 1. The Labute approximate surface area is 144 Å². The predicted molar refractivity (Wildman–Crippen MR) is 93.2 cm³/mol. The van der Waals surface area contributed by atoms with E-state index in [0.29, 0.717) is 18.7 Å². The molecule has 0 bridgehead atoms. The molecule has 126 valence electrons. The van der Waals surface area contributed by atoms with Crippen molar-refractivity contribution in [2.75, 3.05) is 16.8 Å². The smallest absolute Gasteiger partial charge is 0.287 e. The van der Waals surface area contributed by atoms with Crippen molar-refractivity contribution in [1.29, 1.82) is 5.26 Å². The van der Waals surface area contributed by atoms with E-state index in [1.54, 1.807) is 11.0 Å². The van der Waals surface area contributed by atoms with Crippen LogP contribution in [0.15, 0.2) is 42.5 Å². The number of rotatable bonds is 5. The molecule has 7 nitrogen and oxygen atoms in total. The molecule has 0 atom stereocenters. The van der Waals surface area contributed by atoms with Crippen LogP contribution in [0.2, 0.25) is 0 Å². The molecule has 0 spiro atoms. The Balaban J connectivity index is 1.67. The van der Waals surface area contributed by atoms with E-state index in [1.165, 1.54) is 12.1 Å². The van der Waals surface area contributed by atoms with Gasteiger partial charge in [0.15, 0.2) is 0 Å². The van der Waals surface area contributed by atoms with Crippen molar-refractivity contribution in [3.63, 3.8) is 0 Å². The molecule has 0 aliphatic carbocycles. The minimum absolute atomic E-state index is 0.0258. The van der Waals surface area contributed by atoms with E-state index < -0.39 is 4.92 Å². The van der Waals surface area contributed by atoms with E-state index in [2.05, 4.69) is 5.32 Å². The van der Waals surface area contributed by atoms with Crippen LogP contribution in [0.3, 0.4) is 0 Å². The summed E-state index contributed by atoms with van der Waals surface area (Å²) in [5.41, 5.74) is 2.37. The van der Waals surface area contributed by atoms with Crippen LogP contribution in [0.25, 0.3) is 0 Å². The van der Waals surface area contributed by atoms with Gasteiger partial charge in [-0.15, -0.1) is 0 Å². The van der Waals surface area contributed by atoms with Gasteiger partial charge in [-0.2, -0.15) is 5.26 Å². The van der Waals surface area contributed by atoms with Crippen LogP contribution in [0.1, 0.15) is 24.0 Å². The summed E-state index contributed by atoms with van der Waals surface area (Å²) in [4.78, 5) is 23.8. The minimum atomic E-state index is -0.569. The maximum Gasteiger partial charge on any atom is 0.287 e. The molecule has 1 aliphatic heterocycles. The molecule has 25 heavy (non-hydrogen) atoms. The van der Waals surface area contributed by atoms with Crippen molar-refractivity contribution in [3.8, 4) is 6.07 Å². The number of anilines is 2. The quantitative estimate of drug-likeness (QED) is 0.667. The second-order valence-electron chi connectivity index (χ2n) is 5.77. The van der Waals surface area contributed by atoms with E-state index in [9.17, 15) is 14.9 Å². The molecule has 1 heterocycles. The zero-order valence-electron chi connectivity index (χ0n) is 13.4. The lowest BCUT2D eigenvalue weighted by atomic mass is 10.1. The average molecular weight is 336 g/mol. The zero-order valence-corrected chi connectivity index (χ0v) is 13.4. The van der Waals surface area contributed by atoms with E-state index in [4.69, 9.17) is 5.26 Å². The highest BCUT2D eigenvalue weighted by Gasteiger charge is 2.21. The van der Waals surface area contributed by atoms with E-state index in [-0.39, 0.29) is 17.2 Å². The fourth-order valence-corrected chi connectivity index (χ4v) is 2.81. The molecule has 2 aromatic rings. The van der Waals surface area contributed by atoms with Gasteiger partial charge in [0.1, 0.15) is 11.6 Å². The van der Waals surface area contributed by atoms with Crippen LogP contribution in [-0.2, 0) is 11.3 Å². The molecule has 0 aromatic heterocycles. The van der Waals surface area contributed by atoms with Crippen molar-refractivity contribution < 1.29 is 9.72 Å². The van der Waals surface area contributed by atoms with Crippen molar-refractivity contribution in [2.45, 2.75) is 19.4 Å². The van der Waals surface area contributed by atoms with Crippen LogP contribution >= 0.6 is 0 Å². The fraction of sp³-hybridized carbons (Fsp3) is 0.222. The zero-order chi connectivity index (χ0) is 17.8. The fourth-order valence-electron chi connectivity index (χ4n) is 2.81. The van der Waals surface area contributed by atoms with Crippen LogP contribution in [0.5, 0.6) is 0 Å². The highest BCUT2D eigenvalue weighted by Crippen LogP contribution is 2.24. The number of carbonyl (C=O) groups excluding carboxylic acids is 1. The molecule has 1 amide bonds. The minimum Gasteiger partial charge on any atom is -0.381 e. The second kappa shape index (κ2) is 7.01. The molecule has 1 aliphatic rings. The summed E-state index contributed by atoms with van der Waals surface area (Å²) in [6.07, 6.45) is 1.49. The summed E-state index contributed by atoms with van der Waals surface area (Å²) in [6, 6.07) is 13.9. The first-order valence-corrected chi connectivity index (χ1v) is 7.90. The number of amides is 1. The first kappa shape index (κ1) is 16.5. The number of nitrogens with zero attached hydrogens (tertiary/aromatic N) is 3. The number of nitriles is 1. The van der Waals surface area contributed by atoms with Gasteiger partial charge < -0.3 is 10.2 Å². The van der Waals surface area contributed by atoms with Gasteiger partial charge in [-0.3, -0.25) is 14.9 Å². The van der Waals surface area contributed by atoms with E-state index in [0.717, 1.165) is 24.2 Å². The molecule has 0 unspecified atom stereocenters. The third kappa shape index (κ3) is 3.58. The maximum absolute atomic E-state index is 11.7. The van der Waals surface area contributed by atoms with Gasteiger partial charge in [-0.05, 0) is 36.2 Å². The lowest BCUT2D eigenvalue weighted by Crippen LogP contribution is -2.23. The number of nitrogens with one attached hydrogen (secondary N) is 1. The normalized spacial score (nSPS) is 13.6. The average Bonchev–Trinajstić information content (AvgIpc) is 3.06. The molecule has 2 aromatic carbocycles. The second-order valence-corrected chi connectivity index (χ2v) is 5.77. The number of benzene rings is 2. The number of hydrogen-bond acceptors (Lipinski definition) is 5. The summed E-state index contributed by atoms with van der Waals surface area (Å²) in [6.45, 7) is 1.27. The third-order valence-corrected chi connectivity index (χ3v) is 4.13. The molecule has 1 fully saturated rings. The molecular formula is C18H16N4O3. The highest BCUT2D eigenvalue weighted by molar-refractivity contribution is 5.95. The topological polar surface area (TPSA) is 99.3 Å². The monoisotopic (exact) mass is 336 g/mol. The van der Waals surface area contributed by atoms with Gasteiger partial charge in [0.25, 0.3) is 5.69 Å². The highest BCUT2D eigenvalue weighted by atomic mass is 16.6. The number of nitro benzene ring substituents is 1. The van der Waals surface area contributed by atoms with Gasteiger partial charge in [0, 0.05) is 37.0 Å². The SMILES string of the molecule is N#Cc1cc(NCc2ccc(N3CCCC3=O)cc2)ccc1[N+](=O)[O-]. The van der Waals surface area contributed by atoms with Crippen molar-refractivity contribution in [2.24, 2.45) is 0 Å². The predicted octanol–water partition coefficient (Wildman–Crippen LogP) is 3.21. The van der Waals surface area contributed by atoms with Gasteiger partial charge in [0.05, 0.1) is 4.92 Å². The molecule has 0 saturated carbocycles. The summed E-state index contributed by atoms with van der Waals surface area (Å²) in [7, 11) is 0. The Hall–Kier alpha value is -3.40. The van der Waals surface area contributed by atoms with Gasteiger partial charge >= 0.3 is 0 Å². The lowest BCUT2D eigenvalue weighted by molar-refractivity contribution is -0.385. The molecule has 0 radical (unpaired) electrons. The molecule has 7 heteroatoms. The summed E-state index contributed by atoms with van der Waals surface area (Å²) in [5.74, 6) is 0.154. The van der Waals surface area contributed by atoms with Crippen LogP contribution in [0, 0.1) is 21.4 Å². The standard InChI is InChI=1S/C18H16N4O3/c19-11-14-10-15(5-8-17(14)22(24)25)20-12-13-3-6-16(7-4-13)21-9-1-2-18(21)23/h3-8,10,20H,1-2,9,12H2. The first-order valence-electron chi connectivity index (χ1n) is 7.90. The largest absolute Gasteiger partial charge is 0.381 e. The lowest BCUT2D eigenvalue weighted by Gasteiger charge is -2.16. The number of hydrogen-bond donors (Lipinski definition) is 1. The molecular weight excluding hydrogens is 320 g/mol. The van der Waals surface area contributed by atoms with Crippen molar-refractivity contribution >= 4 is 23.0 Å². The number of nitro groups is 1. The molecule has 1 saturated heterocycles. The Morgan fingerprint density at radius 3 is 2.60 bits per heavy atom. The van der Waals surface area contributed by atoms with Crippen LogP contribution in [0.4, 0.5) is 17.1 Å². The van der Waals surface area contributed by atoms with E-state index in [1.807, 2.05) is 30.3 Å². The first-order chi connectivity index (χ1) is 12.1.